The third-order valence-corrected chi connectivity index (χ3v) is 4.53. The fourth-order valence-electron chi connectivity index (χ4n) is 2.45. The van der Waals surface area contributed by atoms with Crippen LogP contribution >= 0.6 is 11.8 Å². The average Bonchev–Trinajstić information content (AvgIpc) is 2.68. The van der Waals surface area contributed by atoms with Gasteiger partial charge < -0.3 is 19.9 Å². The van der Waals surface area contributed by atoms with Gasteiger partial charge in [0.25, 0.3) is 0 Å². The fourth-order valence-corrected chi connectivity index (χ4v) is 3.07. The van der Waals surface area contributed by atoms with Crippen molar-refractivity contribution in [2.45, 2.75) is 11.8 Å². The van der Waals surface area contributed by atoms with E-state index in [4.69, 9.17) is 33.2 Å². The van der Waals surface area contributed by atoms with Crippen molar-refractivity contribution in [1.29, 1.82) is 10.8 Å². The van der Waals surface area contributed by atoms with Crippen molar-refractivity contribution in [2.75, 3.05) is 12.4 Å². The number of benzene rings is 1. The second-order valence-corrected chi connectivity index (χ2v) is 6.62. The number of rotatable bonds is 7. The van der Waals surface area contributed by atoms with E-state index in [1.165, 1.54) is 17.8 Å². The van der Waals surface area contributed by atoms with Crippen LogP contribution in [0.4, 0.5) is 0 Å². The lowest BCUT2D eigenvalue weighted by atomic mass is 9.89. The predicted molar refractivity (Wildman–Crippen MR) is 106 cm³/mol. The Hall–Kier alpha value is -2.58. The summed E-state index contributed by atoms with van der Waals surface area (Å²) in [5.74, 6) is 0.936. The first-order valence-corrected chi connectivity index (χ1v) is 9.01. The van der Waals surface area contributed by atoms with Crippen molar-refractivity contribution in [2.24, 2.45) is 0 Å². The first-order valence-electron chi connectivity index (χ1n) is 8.03. The zero-order valence-corrected chi connectivity index (χ0v) is 15.1. The Morgan fingerprint density at radius 3 is 3.07 bits per heavy atom. The number of thioether (sulfide) groups is 1. The summed E-state index contributed by atoms with van der Waals surface area (Å²) in [6, 6.07) is 5.68. The van der Waals surface area contributed by atoms with Crippen LogP contribution in [-0.4, -0.2) is 54.8 Å². The molecule has 1 aliphatic heterocycles. The van der Waals surface area contributed by atoms with Gasteiger partial charge in [-0.25, -0.2) is 4.98 Å². The van der Waals surface area contributed by atoms with Crippen molar-refractivity contribution in [3.05, 3.63) is 41.5 Å². The molecule has 0 saturated carbocycles. The SMILES string of the molecule is [B]c1ccc2c(c1)COc1nc(SCCOC(=N)/C=C(/[B]O)C=N)ncc1-2. The molecule has 2 aromatic rings. The molecule has 3 radical (unpaired) electrons. The molecule has 3 N–H and O–H groups in total. The first kappa shape index (κ1) is 19.2. The van der Waals surface area contributed by atoms with Crippen LogP contribution in [0, 0.1) is 10.8 Å². The van der Waals surface area contributed by atoms with Gasteiger partial charge in [-0.2, -0.15) is 4.98 Å². The summed E-state index contributed by atoms with van der Waals surface area (Å²) >= 11 is 1.38. The smallest absolute Gasteiger partial charge is 0.328 e. The Morgan fingerprint density at radius 1 is 1.44 bits per heavy atom. The number of aromatic nitrogens is 2. The van der Waals surface area contributed by atoms with Gasteiger partial charge in [0, 0.05) is 18.2 Å². The molecule has 1 aliphatic rings. The largest absolute Gasteiger partial charge is 0.477 e. The minimum Gasteiger partial charge on any atom is -0.477 e. The van der Waals surface area contributed by atoms with Crippen LogP contribution in [0.5, 0.6) is 5.88 Å². The number of ether oxygens (including phenoxy) is 2. The Kier molecular flexibility index (Phi) is 6.31. The van der Waals surface area contributed by atoms with Crippen molar-refractivity contribution in [3.8, 4) is 17.0 Å². The highest BCUT2D eigenvalue weighted by atomic mass is 32.2. The number of hydrogen-bond donors (Lipinski definition) is 3. The first-order chi connectivity index (χ1) is 13.1. The Morgan fingerprint density at radius 2 is 2.30 bits per heavy atom. The van der Waals surface area contributed by atoms with Crippen LogP contribution in [0.15, 0.2) is 41.1 Å². The summed E-state index contributed by atoms with van der Waals surface area (Å²) in [6.07, 6.45) is 3.92. The third kappa shape index (κ3) is 4.78. The number of hydrogen-bond acceptors (Lipinski definition) is 8. The Balaban J connectivity index is 1.57. The maximum atomic E-state index is 8.83. The molecular formula is C17H15B2N4O3S. The monoisotopic (exact) mass is 377 g/mol. The molecule has 1 aromatic heterocycles. The molecule has 0 bridgehead atoms. The molecule has 0 atom stereocenters. The van der Waals surface area contributed by atoms with Gasteiger partial charge in [-0.15, -0.1) is 0 Å². The lowest BCUT2D eigenvalue weighted by Gasteiger charge is -2.20. The van der Waals surface area contributed by atoms with Crippen molar-refractivity contribution in [3.63, 3.8) is 0 Å². The van der Waals surface area contributed by atoms with Gasteiger partial charge in [0.05, 0.1) is 12.2 Å². The van der Waals surface area contributed by atoms with Crippen LogP contribution < -0.4 is 10.2 Å². The molecule has 7 nitrogen and oxygen atoms in total. The highest BCUT2D eigenvalue weighted by Crippen LogP contribution is 2.35. The molecule has 0 amide bonds. The number of nitrogens with zero attached hydrogens (tertiary/aromatic N) is 2. The molecule has 1 aromatic carbocycles. The topological polar surface area (TPSA) is 112 Å². The number of nitrogens with one attached hydrogen (secondary N) is 2. The highest BCUT2D eigenvalue weighted by Gasteiger charge is 2.19. The molecule has 27 heavy (non-hydrogen) atoms. The molecule has 133 valence electrons. The van der Waals surface area contributed by atoms with Crippen LogP contribution in [0.3, 0.4) is 0 Å². The quantitative estimate of drug-likeness (QED) is 0.166. The molecule has 0 aliphatic carbocycles. The predicted octanol–water partition coefficient (Wildman–Crippen LogP) is 1.06. The van der Waals surface area contributed by atoms with E-state index in [1.54, 1.807) is 6.20 Å². The Bertz CT molecular complexity index is 908. The van der Waals surface area contributed by atoms with Crippen LogP contribution in [0.1, 0.15) is 5.56 Å². The summed E-state index contributed by atoms with van der Waals surface area (Å²) in [7, 11) is 6.55. The summed E-state index contributed by atoms with van der Waals surface area (Å²) in [6.45, 7) is 0.679. The summed E-state index contributed by atoms with van der Waals surface area (Å²) in [5, 5.41) is 24.0. The van der Waals surface area contributed by atoms with E-state index in [0.29, 0.717) is 28.9 Å². The summed E-state index contributed by atoms with van der Waals surface area (Å²) in [5.41, 5.74) is 3.75. The van der Waals surface area contributed by atoms with Gasteiger partial charge in [-0.05, 0) is 22.7 Å². The summed E-state index contributed by atoms with van der Waals surface area (Å²) < 4.78 is 10.9. The average molecular weight is 377 g/mol. The van der Waals surface area contributed by atoms with Gasteiger partial charge >= 0.3 is 7.48 Å². The molecule has 0 unspecified atom stereocenters. The van der Waals surface area contributed by atoms with E-state index in [1.807, 2.05) is 18.2 Å². The fraction of sp³-hybridized carbons (Fsp3) is 0.176. The van der Waals surface area contributed by atoms with E-state index in [0.717, 1.165) is 30.4 Å². The molecular weight excluding hydrogens is 362 g/mol. The van der Waals surface area contributed by atoms with E-state index in [-0.39, 0.29) is 18.0 Å². The van der Waals surface area contributed by atoms with E-state index in [2.05, 4.69) is 9.97 Å². The molecule has 2 heterocycles. The van der Waals surface area contributed by atoms with Crippen molar-refractivity contribution < 1.29 is 14.5 Å². The van der Waals surface area contributed by atoms with E-state index < -0.39 is 0 Å². The Labute approximate surface area is 162 Å². The third-order valence-electron chi connectivity index (χ3n) is 3.70. The second-order valence-electron chi connectivity index (χ2n) is 5.56. The second kappa shape index (κ2) is 8.88. The van der Waals surface area contributed by atoms with Crippen molar-refractivity contribution >= 4 is 44.7 Å². The van der Waals surface area contributed by atoms with Gasteiger partial charge in [0.1, 0.15) is 14.5 Å². The maximum absolute atomic E-state index is 8.83. The van der Waals surface area contributed by atoms with Gasteiger partial charge in [0.2, 0.25) is 11.8 Å². The maximum Gasteiger partial charge on any atom is 0.328 e. The van der Waals surface area contributed by atoms with Gasteiger partial charge in [0.15, 0.2) is 5.16 Å². The van der Waals surface area contributed by atoms with Gasteiger partial charge in [-0.3, -0.25) is 5.41 Å². The van der Waals surface area contributed by atoms with Gasteiger partial charge in [-0.1, -0.05) is 35.4 Å². The highest BCUT2D eigenvalue weighted by molar-refractivity contribution is 7.99. The molecule has 0 saturated heterocycles. The lowest BCUT2D eigenvalue weighted by Crippen LogP contribution is -2.12. The zero-order chi connectivity index (χ0) is 19.2. The van der Waals surface area contributed by atoms with Crippen molar-refractivity contribution in [1.82, 2.24) is 9.97 Å². The normalized spacial score (nSPS) is 12.4. The minimum atomic E-state index is -0.134. The van der Waals surface area contributed by atoms with E-state index in [9.17, 15) is 0 Å². The number of fused-ring (bicyclic) bond motifs is 3. The standard InChI is InChI=1S/C17H15B2N4O3S/c18-11-1-2-13-10(5-11)9-26-16-14(13)8-22-17(23-16)27-4-3-25-15(21)6-12(7-20)19-24/h1-2,5-8,20-21,24H,3-4,9H2/b12-6+,20-7?,21-15?. The van der Waals surface area contributed by atoms with Crippen LogP contribution in [0.2, 0.25) is 0 Å². The van der Waals surface area contributed by atoms with E-state index >= 15 is 0 Å². The lowest BCUT2D eigenvalue weighted by molar-refractivity contribution is 0.286. The molecule has 3 rings (SSSR count). The zero-order valence-electron chi connectivity index (χ0n) is 14.3. The molecule has 0 spiro atoms. The number of allylic oxidation sites excluding steroid dienone is 1. The molecule has 10 heteroatoms. The van der Waals surface area contributed by atoms with Crippen LogP contribution in [0.25, 0.3) is 11.1 Å². The minimum absolute atomic E-state index is 0.134. The van der Waals surface area contributed by atoms with Crippen LogP contribution in [-0.2, 0) is 11.3 Å². The summed E-state index contributed by atoms with van der Waals surface area (Å²) in [4.78, 5) is 8.79. The molecule has 0 fully saturated rings.